The number of hydrogen-bond acceptors (Lipinski definition) is 7. The maximum atomic E-state index is 12.9. The first-order chi connectivity index (χ1) is 15.2. The van der Waals surface area contributed by atoms with Gasteiger partial charge in [0.05, 0.1) is 27.8 Å². The van der Waals surface area contributed by atoms with Crippen molar-refractivity contribution in [1.29, 1.82) is 0 Å². The van der Waals surface area contributed by atoms with Gasteiger partial charge in [0.2, 0.25) is 11.7 Å². The molecule has 0 spiro atoms. The minimum Gasteiger partial charge on any atom is -0.338 e. The van der Waals surface area contributed by atoms with Crippen LogP contribution in [0, 0.1) is 0 Å². The fourth-order valence-electron chi connectivity index (χ4n) is 3.51. The van der Waals surface area contributed by atoms with Crippen LogP contribution in [-0.4, -0.2) is 61.8 Å². The molecule has 0 radical (unpaired) electrons. The fourth-order valence-corrected chi connectivity index (χ4v) is 4.44. The van der Waals surface area contributed by atoms with E-state index < -0.39 is 0 Å². The van der Waals surface area contributed by atoms with Gasteiger partial charge in [0, 0.05) is 37.9 Å². The highest BCUT2D eigenvalue weighted by molar-refractivity contribution is 9.10. The number of hydrogen-bond donors (Lipinski definition) is 0. The van der Waals surface area contributed by atoms with Crippen LogP contribution < -0.4 is 0 Å². The third-order valence-electron chi connectivity index (χ3n) is 5.16. The Morgan fingerprint density at radius 2 is 1.94 bits per heavy atom. The molecule has 0 unspecified atom stereocenters. The van der Waals surface area contributed by atoms with Crippen molar-refractivity contribution in [3.8, 4) is 16.4 Å². The Kier molecular flexibility index (Phi) is 5.66. The standard InChI is InChI=1S/C21H19BrN6O2S/c22-16-12-23-28(13-16)17-5-3-15(4-6-17)21(29)27-9-7-26(8-10-27)14-19-24-20(25-30-19)18-2-1-11-31-18/h1-6,11-13H,7-10,14H2. The lowest BCUT2D eigenvalue weighted by Gasteiger charge is -2.34. The van der Waals surface area contributed by atoms with Crippen molar-refractivity contribution in [2.75, 3.05) is 26.2 Å². The number of benzene rings is 1. The van der Waals surface area contributed by atoms with Gasteiger partial charge in [0.25, 0.3) is 5.91 Å². The third kappa shape index (κ3) is 4.46. The van der Waals surface area contributed by atoms with E-state index in [1.54, 1.807) is 22.2 Å². The van der Waals surface area contributed by atoms with E-state index in [0.29, 0.717) is 36.9 Å². The lowest BCUT2D eigenvalue weighted by molar-refractivity contribution is 0.0615. The van der Waals surface area contributed by atoms with Crippen LogP contribution in [0.25, 0.3) is 16.4 Å². The summed E-state index contributed by atoms with van der Waals surface area (Å²) in [4.78, 5) is 22.5. The highest BCUT2D eigenvalue weighted by atomic mass is 79.9. The second-order valence-electron chi connectivity index (χ2n) is 7.21. The highest BCUT2D eigenvalue weighted by Gasteiger charge is 2.23. The molecule has 1 aliphatic heterocycles. The van der Waals surface area contributed by atoms with E-state index in [0.717, 1.165) is 28.1 Å². The average molecular weight is 499 g/mol. The minimum absolute atomic E-state index is 0.0469. The number of nitrogens with zero attached hydrogens (tertiary/aromatic N) is 6. The molecule has 8 nitrogen and oxygen atoms in total. The molecule has 0 N–H and O–H groups in total. The van der Waals surface area contributed by atoms with E-state index in [4.69, 9.17) is 4.52 Å². The van der Waals surface area contributed by atoms with Crippen molar-refractivity contribution in [3.63, 3.8) is 0 Å². The van der Waals surface area contributed by atoms with Gasteiger partial charge in [-0.1, -0.05) is 11.2 Å². The summed E-state index contributed by atoms with van der Waals surface area (Å²) >= 11 is 4.98. The van der Waals surface area contributed by atoms with Crippen molar-refractivity contribution >= 4 is 33.2 Å². The van der Waals surface area contributed by atoms with E-state index in [-0.39, 0.29) is 5.91 Å². The van der Waals surface area contributed by atoms with E-state index in [1.807, 2.05) is 52.9 Å². The summed E-state index contributed by atoms with van der Waals surface area (Å²) in [5.74, 6) is 1.28. The van der Waals surface area contributed by atoms with Gasteiger partial charge in [-0.2, -0.15) is 10.1 Å². The van der Waals surface area contributed by atoms with Crippen LogP contribution in [-0.2, 0) is 6.54 Å². The molecule has 5 rings (SSSR count). The maximum Gasteiger partial charge on any atom is 0.253 e. The Labute approximate surface area is 191 Å². The van der Waals surface area contributed by atoms with Crippen LogP contribution in [0.5, 0.6) is 0 Å². The molecule has 3 aromatic heterocycles. The Morgan fingerprint density at radius 3 is 2.61 bits per heavy atom. The van der Waals surface area contributed by atoms with Crippen LogP contribution in [0.4, 0.5) is 0 Å². The molecule has 1 fully saturated rings. The number of aromatic nitrogens is 4. The molecule has 1 aliphatic rings. The van der Waals surface area contributed by atoms with Gasteiger partial charge in [-0.3, -0.25) is 9.69 Å². The summed E-state index contributed by atoms with van der Waals surface area (Å²) in [5.41, 5.74) is 1.59. The number of amides is 1. The maximum absolute atomic E-state index is 12.9. The van der Waals surface area contributed by atoms with Gasteiger partial charge in [-0.15, -0.1) is 11.3 Å². The van der Waals surface area contributed by atoms with Crippen LogP contribution in [0.15, 0.2) is 63.2 Å². The SMILES string of the molecule is O=C(c1ccc(-n2cc(Br)cn2)cc1)N1CCN(Cc2nc(-c3cccs3)no2)CC1. The van der Waals surface area contributed by atoms with E-state index in [9.17, 15) is 4.79 Å². The zero-order valence-electron chi connectivity index (χ0n) is 16.5. The quantitative estimate of drug-likeness (QED) is 0.417. The van der Waals surface area contributed by atoms with Crippen molar-refractivity contribution in [1.82, 2.24) is 29.7 Å². The Morgan fingerprint density at radius 1 is 1.13 bits per heavy atom. The first kappa shape index (κ1) is 20.1. The van der Waals surface area contributed by atoms with Gasteiger partial charge in [0.15, 0.2) is 0 Å². The zero-order valence-corrected chi connectivity index (χ0v) is 18.9. The summed E-state index contributed by atoms with van der Waals surface area (Å²) in [5, 5.41) is 10.3. The molecule has 10 heteroatoms. The zero-order chi connectivity index (χ0) is 21.2. The first-order valence-corrected chi connectivity index (χ1v) is 11.5. The molecule has 0 atom stereocenters. The Balaban J connectivity index is 1.16. The molecule has 0 saturated carbocycles. The van der Waals surface area contributed by atoms with Crippen LogP contribution in [0.1, 0.15) is 16.2 Å². The molecule has 31 heavy (non-hydrogen) atoms. The molecule has 158 valence electrons. The van der Waals surface area contributed by atoms with Crippen LogP contribution in [0.3, 0.4) is 0 Å². The summed E-state index contributed by atoms with van der Waals surface area (Å²) in [6.07, 6.45) is 3.61. The van der Waals surface area contributed by atoms with Gasteiger partial charge in [0.1, 0.15) is 0 Å². The van der Waals surface area contributed by atoms with Crippen molar-refractivity contribution in [2.45, 2.75) is 6.54 Å². The van der Waals surface area contributed by atoms with E-state index >= 15 is 0 Å². The Bertz CT molecular complexity index is 1160. The smallest absolute Gasteiger partial charge is 0.253 e. The van der Waals surface area contributed by atoms with Crippen molar-refractivity contribution in [3.05, 3.63) is 70.1 Å². The molecule has 1 aromatic carbocycles. The summed E-state index contributed by atoms with van der Waals surface area (Å²) in [7, 11) is 0. The summed E-state index contributed by atoms with van der Waals surface area (Å²) in [6.45, 7) is 3.45. The number of piperazine rings is 1. The fraction of sp³-hybridized carbons (Fsp3) is 0.238. The van der Waals surface area contributed by atoms with Crippen molar-refractivity contribution in [2.24, 2.45) is 0 Å². The summed E-state index contributed by atoms with van der Waals surface area (Å²) in [6, 6.07) is 11.5. The van der Waals surface area contributed by atoms with Gasteiger partial charge in [-0.05, 0) is 51.6 Å². The lowest BCUT2D eigenvalue weighted by Crippen LogP contribution is -2.48. The molecule has 1 saturated heterocycles. The number of rotatable bonds is 5. The van der Waals surface area contributed by atoms with Gasteiger partial charge >= 0.3 is 0 Å². The number of thiophene rings is 1. The molecular formula is C21H19BrN6O2S. The predicted octanol–water partition coefficient (Wildman–Crippen LogP) is 3.70. The normalized spacial score (nSPS) is 14.8. The average Bonchev–Trinajstić information content (AvgIpc) is 3.56. The monoisotopic (exact) mass is 498 g/mol. The first-order valence-electron chi connectivity index (χ1n) is 9.84. The second kappa shape index (κ2) is 8.74. The lowest BCUT2D eigenvalue weighted by atomic mass is 10.1. The number of carbonyl (C=O) groups is 1. The van der Waals surface area contributed by atoms with Crippen molar-refractivity contribution < 1.29 is 9.32 Å². The van der Waals surface area contributed by atoms with Gasteiger partial charge in [-0.25, -0.2) is 4.68 Å². The minimum atomic E-state index is 0.0469. The van der Waals surface area contributed by atoms with Crippen LogP contribution >= 0.6 is 27.3 Å². The van der Waals surface area contributed by atoms with E-state index in [2.05, 4.69) is 36.1 Å². The predicted molar refractivity (Wildman–Crippen MR) is 120 cm³/mol. The Hall–Kier alpha value is -2.82. The van der Waals surface area contributed by atoms with Crippen LogP contribution in [0.2, 0.25) is 0 Å². The number of halogens is 1. The van der Waals surface area contributed by atoms with Gasteiger partial charge < -0.3 is 9.42 Å². The molecule has 1 amide bonds. The molecular weight excluding hydrogens is 480 g/mol. The highest BCUT2D eigenvalue weighted by Crippen LogP contribution is 2.22. The van der Waals surface area contributed by atoms with E-state index in [1.165, 1.54) is 0 Å². The second-order valence-corrected chi connectivity index (χ2v) is 9.07. The molecule has 4 aromatic rings. The number of carbonyl (C=O) groups excluding carboxylic acids is 1. The topological polar surface area (TPSA) is 80.3 Å². The summed E-state index contributed by atoms with van der Waals surface area (Å²) < 4.78 is 8.07. The molecule has 0 aliphatic carbocycles. The molecule has 4 heterocycles. The molecule has 0 bridgehead atoms. The third-order valence-corrected chi connectivity index (χ3v) is 6.43. The largest absolute Gasteiger partial charge is 0.338 e.